The fraction of sp³-hybridized carbons (Fsp3) is 0.318. The number of carbonyl (C=O) groups excluding carboxylic acids is 3. The van der Waals surface area contributed by atoms with Gasteiger partial charge in [-0.2, -0.15) is 8.78 Å². The Morgan fingerprint density at radius 3 is 2.58 bits per heavy atom. The van der Waals surface area contributed by atoms with E-state index in [9.17, 15) is 37.1 Å². The number of nitrogens with zero attached hydrogens (tertiary/aromatic N) is 1. The van der Waals surface area contributed by atoms with Crippen molar-refractivity contribution in [3.05, 3.63) is 70.3 Å². The number of nitrogens with one attached hydrogen (secondary N) is 2. The average molecular weight is 465 g/mol. The summed E-state index contributed by atoms with van der Waals surface area (Å²) >= 11 is 0. The Labute approximate surface area is 185 Å². The molecule has 0 aliphatic carbocycles. The molecule has 2 aliphatic heterocycles. The summed E-state index contributed by atoms with van der Waals surface area (Å²) in [5.41, 5.74) is 0.523. The summed E-state index contributed by atoms with van der Waals surface area (Å²) in [6, 6.07) is 5.39. The van der Waals surface area contributed by atoms with Crippen molar-refractivity contribution in [2.24, 2.45) is 0 Å². The largest absolute Gasteiger partial charge is 0.372 e. The molecule has 0 bridgehead atoms. The van der Waals surface area contributed by atoms with Gasteiger partial charge in [-0.15, -0.1) is 0 Å². The number of imide groups is 1. The number of aliphatic hydroxyl groups excluding tert-OH is 1. The zero-order valence-corrected chi connectivity index (χ0v) is 17.1. The number of hydrogen-bond donors (Lipinski definition) is 3. The minimum Gasteiger partial charge on any atom is -0.372 e. The molecule has 2 unspecified atom stereocenters. The van der Waals surface area contributed by atoms with Gasteiger partial charge in [0.15, 0.2) is 17.9 Å². The van der Waals surface area contributed by atoms with E-state index in [1.165, 1.54) is 17.0 Å². The second-order valence-electron chi connectivity index (χ2n) is 7.93. The van der Waals surface area contributed by atoms with Gasteiger partial charge in [0.1, 0.15) is 6.04 Å². The predicted octanol–water partition coefficient (Wildman–Crippen LogP) is 1.93. The molecule has 174 valence electrons. The molecule has 0 spiro atoms. The lowest BCUT2D eigenvalue weighted by Crippen LogP contribution is -2.52. The predicted molar refractivity (Wildman–Crippen MR) is 106 cm³/mol. The normalized spacial score (nSPS) is 19.5. The molecule has 2 aliphatic rings. The molecular formula is C22H19F4N3O4. The summed E-state index contributed by atoms with van der Waals surface area (Å²) < 4.78 is 55.2. The second kappa shape index (κ2) is 8.56. The highest BCUT2D eigenvalue weighted by molar-refractivity contribution is 6.05. The molecule has 2 atom stereocenters. The van der Waals surface area contributed by atoms with Crippen LogP contribution < -0.4 is 10.6 Å². The van der Waals surface area contributed by atoms with Crippen LogP contribution in [0.25, 0.3) is 0 Å². The standard InChI is InChI=1S/C22H19F4N3O4/c23-15-4-2-13(8-16(15)24)22(25,26)21(33)27-9-11-1-3-14-12(7-11)10-29(20(14)32)17-5-6-18(30)28-19(17)31/h1-4,7-8,17,21,27,33H,5-6,9-10H2,(H,28,30,31). The Balaban J connectivity index is 1.43. The van der Waals surface area contributed by atoms with Crippen LogP contribution in [-0.2, 0) is 28.6 Å². The van der Waals surface area contributed by atoms with Crippen molar-refractivity contribution in [2.45, 2.75) is 44.1 Å². The number of carbonyl (C=O) groups is 3. The number of fused-ring (bicyclic) bond motifs is 1. The number of rotatable bonds is 6. The summed E-state index contributed by atoms with van der Waals surface area (Å²) in [5.74, 6) is -7.95. The third kappa shape index (κ3) is 4.33. The molecule has 0 saturated carbocycles. The SMILES string of the molecule is O=C1CCC(N2Cc3cc(CNC(O)C(F)(F)c4ccc(F)c(F)c4)ccc3C2=O)C(=O)N1. The zero-order chi connectivity index (χ0) is 23.9. The summed E-state index contributed by atoms with van der Waals surface area (Å²) in [6.07, 6.45) is -2.06. The fourth-order valence-electron chi connectivity index (χ4n) is 3.94. The Kier molecular flexibility index (Phi) is 5.93. The van der Waals surface area contributed by atoms with Crippen LogP contribution >= 0.6 is 0 Å². The lowest BCUT2D eigenvalue weighted by molar-refractivity contribution is -0.136. The highest BCUT2D eigenvalue weighted by atomic mass is 19.3. The van der Waals surface area contributed by atoms with Crippen LogP contribution in [0, 0.1) is 11.6 Å². The maximum Gasteiger partial charge on any atom is 0.311 e. The van der Waals surface area contributed by atoms with E-state index in [-0.39, 0.29) is 31.8 Å². The molecule has 11 heteroatoms. The van der Waals surface area contributed by atoms with Crippen LogP contribution in [0.4, 0.5) is 17.6 Å². The number of piperidine rings is 1. The average Bonchev–Trinajstić information content (AvgIpc) is 3.09. The van der Waals surface area contributed by atoms with E-state index >= 15 is 0 Å². The molecule has 33 heavy (non-hydrogen) atoms. The van der Waals surface area contributed by atoms with E-state index in [0.29, 0.717) is 34.9 Å². The molecule has 2 aromatic rings. The maximum atomic E-state index is 14.4. The molecule has 0 aromatic heterocycles. The second-order valence-corrected chi connectivity index (χ2v) is 7.93. The fourth-order valence-corrected chi connectivity index (χ4v) is 3.94. The Hall–Kier alpha value is -3.31. The molecule has 3 amide bonds. The number of benzene rings is 2. The van der Waals surface area contributed by atoms with E-state index in [1.54, 1.807) is 6.07 Å². The Morgan fingerprint density at radius 1 is 1.12 bits per heavy atom. The molecule has 2 aromatic carbocycles. The summed E-state index contributed by atoms with van der Waals surface area (Å²) in [4.78, 5) is 37.5. The van der Waals surface area contributed by atoms with Crippen LogP contribution in [0.2, 0.25) is 0 Å². The zero-order valence-electron chi connectivity index (χ0n) is 17.1. The minimum absolute atomic E-state index is 0.113. The molecular weight excluding hydrogens is 446 g/mol. The van der Waals surface area contributed by atoms with Gasteiger partial charge in [0.25, 0.3) is 5.91 Å². The van der Waals surface area contributed by atoms with E-state index in [0.717, 1.165) is 0 Å². The van der Waals surface area contributed by atoms with Crippen LogP contribution in [-0.4, -0.2) is 40.0 Å². The first-order valence-electron chi connectivity index (χ1n) is 10.1. The van der Waals surface area contributed by atoms with Gasteiger partial charge in [-0.25, -0.2) is 8.78 Å². The summed E-state index contributed by atoms with van der Waals surface area (Å²) in [5, 5.41) is 14.4. The first kappa shape index (κ1) is 22.9. The maximum absolute atomic E-state index is 14.4. The third-order valence-electron chi connectivity index (χ3n) is 5.74. The third-order valence-corrected chi connectivity index (χ3v) is 5.74. The summed E-state index contributed by atoms with van der Waals surface area (Å²) in [6.45, 7) is -0.0951. The first-order valence-corrected chi connectivity index (χ1v) is 10.1. The minimum atomic E-state index is -3.90. The van der Waals surface area contributed by atoms with Crippen molar-refractivity contribution in [1.29, 1.82) is 0 Å². The van der Waals surface area contributed by atoms with E-state index < -0.39 is 47.2 Å². The van der Waals surface area contributed by atoms with Crippen LogP contribution in [0.3, 0.4) is 0 Å². The van der Waals surface area contributed by atoms with Gasteiger partial charge < -0.3 is 10.0 Å². The van der Waals surface area contributed by atoms with Crippen molar-refractivity contribution in [1.82, 2.24) is 15.5 Å². The van der Waals surface area contributed by atoms with Gasteiger partial charge in [-0.3, -0.25) is 25.0 Å². The number of halogens is 4. The summed E-state index contributed by atoms with van der Waals surface area (Å²) in [7, 11) is 0. The molecule has 1 saturated heterocycles. The Morgan fingerprint density at radius 2 is 1.88 bits per heavy atom. The Bertz CT molecular complexity index is 1140. The van der Waals surface area contributed by atoms with Crippen LogP contribution in [0.15, 0.2) is 36.4 Å². The van der Waals surface area contributed by atoms with Gasteiger partial charge in [0, 0.05) is 30.6 Å². The lowest BCUT2D eigenvalue weighted by Gasteiger charge is -2.29. The number of amides is 3. The van der Waals surface area contributed by atoms with Crippen molar-refractivity contribution < 1.29 is 37.1 Å². The number of alkyl halides is 2. The van der Waals surface area contributed by atoms with Gasteiger partial charge in [-0.1, -0.05) is 12.1 Å². The lowest BCUT2D eigenvalue weighted by atomic mass is 10.0. The van der Waals surface area contributed by atoms with Crippen LogP contribution in [0.5, 0.6) is 0 Å². The smallest absolute Gasteiger partial charge is 0.311 e. The van der Waals surface area contributed by atoms with Crippen molar-refractivity contribution in [2.75, 3.05) is 0 Å². The highest BCUT2D eigenvalue weighted by Crippen LogP contribution is 2.32. The van der Waals surface area contributed by atoms with Gasteiger partial charge in [0.05, 0.1) is 0 Å². The molecule has 0 radical (unpaired) electrons. The number of hydrogen-bond acceptors (Lipinski definition) is 5. The van der Waals surface area contributed by atoms with Crippen molar-refractivity contribution >= 4 is 17.7 Å². The van der Waals surface area contributed by atoms with Crippen molar-refractivity contribution in [3.63, 3.8) is 0 Å². The molecule has 3 N–H and O–H groups in total. The number of aliphatic hydroxyl groups is 1. The molecule has 7 nitrogen and oxygen atoms in total. The van der Waals surface area contributed by atoms with Crippen molar-refractivity contribution in [3.8, 4) is 0 Å². The highest BCUT2D eigenvalue weighted by Gasteiger charge is 2.41. The quantitative estimate of drug-likeness (QED) is 0.344. The van der Waals surface area contributed by atoms with Gasteiger partial charge in [0.2, 0.25) is 11.8 Å². The van der Waals surface area contributed by atoms with E-state index in [2.05, 4.69) is 10.6 Å². The first-order chi connectivity index (χ1) is 15.6. The van der Waals surface area contributed by atoms with Gasteiger partial charge in [-0.05, 0) is 41.8 Å². The van der Waals surface area contributed by atoms with Gasteiger partial charge >= 0.3 is 5.92 Å². The molecule has 1 fully saturated rings. The molecule has 4 rings (SSSR count). The monoisotopic (exact) mass is 465 g/mol. The molecule has 2 heterocycles. The van der Waals surface area contributed by atoms with E-state index in [4.69, 9.17) is 0 Å². The topological polar surface area (TPSA) is 98.7 Å². The van der Waals surface area contributed by atoms with Crippen LogP contribution in [0.1, 0.15) is 39.9 Å². The van der Waals surface area contributed by atoms with E-state index in [1.807, 2.05) is 0 Å².